The number of terminal acetylenes is 1. The molecule has 1 heterocycles. The summed E-state index contributed by atoms with van der Waals surface area (Å²) in [6.07, 6.45) is 7.14. The summed E-state index contributed by atoms with van der Waals surface area (Å²) < 4.78 is 14.2. The first-order valence-corrected chi connectivity index (χ1v) is 8.63. The Morgan fingerprint density at radius 2 is 1.92 bits per heavy atom. The van der Waals surface area contributed by atoms with Crippen molar-refractivity contribution in [3.05, 3.63) is 51.9 Å². The third kappa shape index (κ3) is 3.15. The summed E-state index contributed by atoms with van der Waals surface area (Å²) in [6.45, 7) is 3.63. The van der Waals surface area contributed by atoms with Crippen LogP contribution >= 0.6 is 11.6 Å². The van der Waals surface area contributed by atoms with E-state index in [2.05, 4.69) is 10.9 Å². The summed E-state index contributed by atoms with van der Waals surface area (Å²) in [6, 6.07) is 4.70. The van der Waals surface area contributed by atoms with Gasteiger partial charge in [0, 0.05) is 30.5 Å². The van der Waals surface area contributed by atoms with Gasteiger partial charge in [-0.2, -0.15) is 0 Å². The first-order valence-electron chi connectivity index (χ1n) is 8.26. The van der Waals surface area contributed by atoms with Crippen LogP contribution in [0, 0.1) is 37.9 Å². The van der Waals surface area contributed by atoms with Crippen molar-refractivity contribution in [2.45, 2.75) is 32.6 Å². The lowest BCUT2D eigenvalue weighted by Gasteiger charge is -2.17. The van der Waals surface area contributed by atoms with Crippen LogP contribution in [-0.4, -0.2) is 16.6 Å². The van der Waals surface area contributed by atoms with Crippen molar-refractivity contribution in [2.24, 2.45) is 5.92 Å². The monoisotopic (exact) mass is 369 g/mol. The highest BCUT2D eigenvalue weighted by atomic mass is 35.5. The predicted molar refractivity (Wildman–Crippen MR) is 98.4 cm³/mol. The number of aromatic nitrogens is 1. The molecule has 26 heavy (non-hydrogen) atoms. The lowest BCUT2D eigenvalue weighted by atomic mass is 9.85. The number of nitrogens with zero attached hydrogens (tertiary/aromatic N) is 1. The number of hydrogen-bond donors (Lipinski definition) is 0. The molecular formula is C21H17ClFNO2. The fraction of sp³-hybridized carbons (Fsp3) is 0.286. The molecule has 1 aromatic carbocycles. The van der Waals surface area contributed by atoms with E-state index >= 15 is 0 Å². The average molecular weight is 370 g/mol. The number of benzene rings is 1. The topological polar surface area (TPSA) is 47.0 Å². The summed E-state index contributed by atoms with van der Waals surface area (Å²) in [7, 11) is 0. The molecule has 5 heteroatoms. The van der Waals surface area contributed by atoms with Crippen molar-refractivity contribution >= 4 is 23.2 Å². The van der Waals surface area contributed by atoms with Gasteiger partial charge in [0.05, 0.1) is 5.02 Å². The second-order valence-corrected chi connectivity index (χ2v) is 7.06. The van der Waals surface area contributed by atoms with Crippen LogP contribution in [0.4, 0.5) is 4.39 Å². The maximum absolute atomic E-state index is 14.2. The van der Waals surface area contributed by atoms with Crippen molar-refractivity contribution in [1.29, 1.82) is 0 Å². The van der Waals surface area contributed by atoms with Gasteiger partial charge < -0.3 is 0 Å². The number of ketones is 2. The third-order valence-corrected chi connectivity index (χ3v) is 4.99. The summed E-state index contributed by atoms with van der Waals surface area (Å²) in [5.74, 6) is 0.521. The Labute approximate surface area is 156 Å². The zero-order valence-corrected chi connectivity index (χ0v) is 15.2. The molecule has 132 valence electrons. The number of aryl methyl sites for hydroxylation is 2. The van der Waals surface area contributed by atoms with Gasteiger partial charge in [-0.1, -0.05) is 11.6 Å². The SMILES string of the molecule is C#CC[C@@H]1CC(=O)C(c2c(C)cc(-c3ncc(Cl)cc3F)cc2C)C1=O. The van der Waals surface area contributed by atoms with Crippen molar-refractivity contribution in [3.8, 4) is 23.6 Å². The Hall–Kier alpha value is -2.51. The second kappa shape index (κ2) is 7.01. The van der Waals surface area contributed by atoms with Crippen LogP contribution in [0.25, 0.3) is 11.3 Å². The first kappa shape index (κ1) is 18.3. The van der Waals surface area contributed by atoms with E-state index in [9.17, 15) is 14.0 Å². The van der Waals surface area contributed by atoms with Crippen molar-refractivity contribution < 1.29 is 14.0 Å². The number of hydrogen-bond acceptors (Lipinski definition) is 3. The fourth-order valence-corrected chi connectivity index (χ4v) is 3.81. The Morgan fingerprint density at radius 1 is 1.27 bits per heavy atom. The Bertz CT molecular complexity index is 938. The second-order valence-electron chi connectivity index (χ2n) is 6.62. The number of carbonyl (C=O) groups is 2. The van der Waals surface area contributed by atoms with E-state index in [-0.39, 0.29) is 35.1 Å². The zero-order valence-electron chi connectivity index (χ0n) is 14.5. The largest absolute Gasteiger partial charge is 0.298 e. The highest BCUT2D eigenvalue weighted by Crippen LogP contribution is 2.38. The van der Waals surface area contributed by atoms with E-state index in [4.69, 9.17) is 18.0 Å². The number of rotatable bonds is 3. The molecule has 0 saturated heterocycles. The minimum atomic E-state index is -0.787. The summed E-state index contributed by atoms with van der Waals surface area (Å²) in [5.41, 5.74) is 2.96. The third-order valence-electron chi connectivity index (χ3n) is 4.78. The van der Waals surface area contributed by atoms with Gasteiger partial charge >= 0.3 is 0 Å². The summed E-state index contributed by atoms with van der Waals surface area (Å²) in [4.78, 5) is 29.2. The zero-order chi connectivity index (χ0) is 19.0. The standard InChI is InChI=1S/C21H17ClFNO2/c1-4-5-13-8-17(25)19(21(13)26)18-11(2)6-14(7-12(18)3)20-16(23)9-15(22)10-24-20/h1,6-7,9-10,13,19H,5,8H2,2-3H3/t13-,19?/m1/s1. The van der Waals surface area contributed by atoms with Gasteiger partial charge in [-0.25, -0.2) is 4.39 Å². The van der Waals surface area contributed by atoms with Crippen LogP contribution < -0.4 is 0 Å². The molecule has 0 N–H and O–H groups in total. The predicted octanol–water partition coefficient (Wildman–Crippen LogP) is 4.42. The number of Topliss-reactive ketones (excluding diaryl/α,β-unsaturated/α-hetero) is 2. The highest BCUT2D eigenvalue weighted by molar-refractivity contribution is 6.30. The van der Waals surface area contributed by atoms with Gasteiger partial charge in [-0.05, 0) is 48.7 Å². The molecule has 1 unspecified atom stereocenters. The van der Waals surface area contributed by atoms with Crippen molar-refractivity contribution in [2.75, 3.05) is 0 Å². The lowest BCUT2D eigenvalue weighted by molar-refractivity contribution is -0.124. The minimum absolute atomic E-state index is 0.106. The van der Waals surface area contributed by atoms with Crippen LogP contribution in [0.3, 0.4) is 0 Å². The Balaban J connectivity index is 2.05. The molecule has 1 aliphatic rings. The maximum atomic E-state index is 14.2. The molecule has 1 aromatic heterocycles. The van der Waals surface area contributed by atoms with Gasteiger partial charge in [-0.15, -0.1) is 12.3 Å². The van der Waals surface area contributed by atoms with Gasteiger partial charge in [0.1, 0.15) is 17.4 Å². The van der Waals surface area contributed by atoms with E-state index in [1.807, 2.05) is 13.8 Å². The highest BCUT2D eigenvalue weighted by Gasteiger charge is 2.42. The van der Waals surface area contributed by atoms with Gasteiger partial charge in [0.15, 0.2) is 11.6 Å². The Morgan fingerprint density at radius 3 is 2.50 bits per heavy atom. The molecule has 0 bridgehead atoms. The van der Waals surface area contributed by atoms with Crippen molar-refractivity contribution in [3.63, 3.8) is 0 Å². The molecule has 3 rings (SSSR count). The van der Waals surface area contributed by atoms with E-state index < -0.39 is 17.7 Å². The molecule has 2 atom stereocenters. The smallest absolute Gasteiger partial charge is 0.152 e. The molecular weight excluding hydrogens is 353 g/mol. The van der Waals surface area contributed by atoms with Gasteiger partial charge in [0.25, 0.3) is 0 Å². The van der Waals surface area contributed by atoms with E-state index in [0.717, 1.165) is 11.1 Å². The maximum Gasteiger partial charge on any atom is 0.152 e. The molecule has 1 fully saturated rings. The quantitative estimate of drug-likeness (QED) is 0.594. The van der Waals surface area contributed by atoms with Gasteiger partial charge in [0.2, 0.25) is 0 Å². The fourth-order valence-electron chi connectivity index (χ4n) is 3.67. The number of carbonyl (C=O) groups excluding carboxylic acids is 2. The number of halogens is 2. The van der Waals surface area contributed by atoms with E-state index in [1.54, 1.807) is 12.1 Å². The van der Waals surface area contributed by atoms with Crippen molar-refractivity contribution in [1.82, 2.24) is 4.98 Å². The van der Waals surface area contributed by atoms with Crippen LogP contribution in [0.1, 0.15) is 35.4 Å². The van der Waals surface area contributed by atoms with Crippen LogP contribution in [-0.2, 0) is 9.59 Å². The molecule has 0 radical (unpaired) electrons. The summed E-state index contributed by atoms with van der Waals surface area (Å²) >= 11 is 5.76. The molecule has 2 aromatic rings. The van der Waals surface area contributed by atoms with Crippen LogP contribution in [0.5, 0.6) is 0 Å². The van der Waals surface area contributed by atoms with Gasteiger partial charge in [-0.3, -0.25) is 14.6 Å². The lowest BCUT2D eigenvalue weighted by Crippen LogP contribution is -2.17. The number of pyridine rings is 1. The molecule has 1 aliphatic carbocycles. The van der Waals surface area contributed by atoms with Crippen LogP contribution in [0.2, 0.25) is 5.02 Å². The van der Waals surface area contributed by atoms with Crippen LogP contribution in [0.15, 0.2) is 24.4 Å². The Kier molecular flexibility index (Phi) is 4.93. The average Bonchev–Trinajstić information content (AvgIpc) is 2.82. The molecule has 0 spiro atoms. The molecule has 0 aliphatic heterocycles. The molecule has 1 saturated carbocycles. The molecule has 3 nitrogen and oxygen atoms in total. The molecule has 0 amide bonds. The van der Waals surface area contributed by atoms with E-state index in [1.165, 1.54) is 12.3 Å². The first-order chi connectivity index (χ1) is 12.3. The normalized spacial score (nSPS) is 19.7. The van der Waals surface area contributed by atoms with E-state index in [0.29, 0.717) is 11.1 Å². The minimum Gasteiger partial charge on any atom is -0.298 e. The summed E-state index contributed by atoms with van der Waals surface area (Å²) in [5, 5.41) is 0.220.